The molecule has 146 valence electrons. The average Bonchev–Trinajstić information content (AvgIpc) is 3.18. The van der Waals surface area contributed by atoms with Crippen LogP contribution in [0.3, 0.4) is 0 Å². The third kappa shape index (κ3) is 4.06. The highest BCUT2D eigenvalue weighted by atomic mass is 32.1. The summed E-state index contributed by atoms with van der Waals surface area (Å²) in [4.78, 5) is 32.1. The van der Waals surface area contributed by atoms with E-state index in [0.29, 0.717) is 11.5 Å². The van der Waals surface area contributed by atoms with Gasteiger partial charge in [0.25, 0.3) is 11.5 Å². The second-order valence-electron chi connectivity index (χ2n) is 6.95. The lowest BCUT2D eigenvalue weighted by atomic mass is 10.1. The van der Waals surface area contributed by atoms with Gasteiger partial charge in [-0.3, -0.25) is 9.59 Å². The minimum absolute atomic E-state index is 0.0349. The number of fused-ring (bicyclic) bond motifs is 1. The van der Waals surface area contributed by atoms with E-state index < -0.39 is 11.5 Å². The van der Waals surface area contributed by atoms with E-state index in [2.05, 4.69) is 32.4 Å². The Bertz CT molecular complexity index is 1010. The molecule has 1 amide bonds. The monoisotopic (exact) mass is 397 g/mol. The molecule has 7 nitrogen and oxygen atoms in total. The number of nitrogens with zero attached hydrogens (tertiary/aromatic N) is 4. The highest BCUT2D eigenvalue weighted by Crippen LogP contribution is 2.24. The van der Waals surface area contributed by atoms with Crippen molar-refractivity contribution in [3.63, 3.8) is 0 Å². The van der Waals surface area contributed by atoms with Crippen LogP contribution in [0.15, 0.2) is 41.3 Å². The standard InChI is InChI=1S/C20H23N5O2S/c26-17(21-11-7-10-15-8-3-1-4-9-15)16-14-22-19-25(18(16)27)23-20(28-19)24-12-5-2-6-13-24/h1,3-4,8-9,14H,2,5-7,10-13H2,(H,21,26). The quantitative estimate of drug-likeness (QED) is 0.647. The zero-order valence-electron chi connectivity index (χ0n) is 15.6. The molecule has 2 aromatic heterocycles. The number of hydrogen-bond donors (Lipinski definition) is 1. The van der Waals surface area contributed by atoms with Crippen LogP contribution in [0.25, 0.3) is 4.96 Å². The van der Waals surface area contributed by atoms with E-state index in [1.807, 2.05) is 18.2 Å². The molecule has 4 rings (SSSR count). The summed E-state index contributed by atoms with van der Waals surface area (Å²) in [5, 5.41) is 8.04. The van der Waals surface area contributed by atoms with Crippen molar-refractivity contribution in [2.45, 2.75) is 32.1 Å². The number of carbonyl (C=O) groups excluding carboxylic acids is 1. The average molecular weight is 398 g/mol. The Morgan fingerprint density at radius 2 is 1.93 bits per heavy atom. The normalized spacial score (nSPS) is 14.4. The van der Waals surface area contributed by atoms with E-state index in [4.69, 9.17) is 0 Å². The molecule has 0 atom stereocenters. The van der Waals surface area contributed by atoms with E-state index in [1.165, 1.54) is 34.0 Å². The number of aryl methyl sites for hydroxylation is 1. The fraction of sp³-hybridized carbons (Fsp3) is 0.400. The fourth-order valence-corrected chi connectivity index (χ4v) is 4.29. The molecule has 1 aliphatic rings. The zero-order valence-corrected chi connectivity index (χ0v) is 16.5. The lowest BCUT2D eigenvalue weighted by Gasteiger charge is -2.25. The number of carbonyl (C=O) groups is 1. The Kier molecular flexibility index (Phi) is 5.66. The summed E-state index contributed by atoms with van der Waals surface area (Å²) in [5.41, 5.74) is 0.852. The Balaban J connectivity index is 1.42. The van der Waals surface area contributed by atoms with Gasteiger partial charge in [0, 0.05) is 25.8 Å². The predicted molar refractivity (Wildman–Crippen MR) is 110 cm³/mol. The molecule has 0 saturated carbocycles. The second kappa shape index (κ2) is 8.52. The summed E-state index contributed by atoms with van der Waals surface area (Å²) in [7, 11) is 0. The molecule has 0 spiro atoms. The van der Waals surface area contributed by atoms with Crippen LogP contribution in [0.2, 0.25) is 0 Å². The number of rotatable bonds is 6. The van der Waals surface area contributed by atoms with E-state index in [-0.39, 0.29) is 5.56 Å². The molecule has 1 aromatic carbocycles. The molecule has 0 unspecified atom stereocenters. The Morgan fingerprint density at radius 1 is 1.14 bits per heavy atom. The largest absolute Gasteiger partial charge is 0.352 e. The predicted octanol–water partition coefficient (Wildman–Crippen LogP) is 2.50. The Hall–Kier alpha value is -2.74. The maximum atomic E-state index is 12.7. The maximum Gasteiger partial charge on any atom is 0.288 e. The number of hydrogen-bond acceptors (Lipinski definition) is 6. The van der Waals surface area contributed by atoms with Gasteiger partial charge in [-0.25, -0.2) is 4.98 Å². The molecular weight excluding hydrogens is 374 g/mol. The van der Waals surface area contributed by atoms with Crippen LogP contribution in [0, 0.1) is 0 Å². The molecule has 3 heterocycles. The van der Waals surface area contributed by atoms with Gasteiger partial charge >= 0.3 is 0 Å². The summed E-state index contributed by atoms with van der Waals surface area (Å²) in [6.07, 6.45) is 6.55. The fourth-order valence-electron chi connectivity index (χ4n) is 3.38. The first-order chi connectivity index (χ1) is 13.7. The molecule has 8 heteroatoms. The van der Waals surface area contributed by atoms with Gasteiger partial charge in [-0.15, -0.1) is 5.10 Å². The molecule has 0 aliphatic carbocycles. The molecular formula is C20H23N5O2S. The van der Waals surface area contributed by atoms with Crippen molar-refractivity contribution >= 4 is 27.3 Å². The van der Waals surface area contributed by atoms with E-state index in [1.54, 1.807) is 0 Å². The third-order valence-electron chi connectivity index (χ3n) is 4.92. The maximum absolute atomic E-state index is 12.7. The van der Waals surface area contributed by atoms with Crippen molar-refractivity contribution in [2.24, 2.45) is 0 Å². The number of nitrogens with one attached hydrogen (secondary N) is 1. The van der Waals surface area contributed by atoms with Crippen molar-refractivity contribution in [3.05, 3.63) is 58.0 Å². The van der Waals surface area contributed by atoms with E-state index in [9.17, 15) is 9.59 Å². The number of benzene rings is 1. The van der Waals surface area contributed by atoms with Gasteiger partial charge in [-0.1, -0.05) is 41.7 Å². The van der Waals surface area contributed by atoms with E-state index >= 15 is 0 Å². The van der Waals surface area contributed by atoms with Gasteiger partial charge in [0.1, 0.15) is 5.56 Å². The minimum atomic E-state index is -0.412. The lowest BCUT2D eigenvalue weighted by Crippen LogP contribution is -2.33. The first kappa shape index (κ1) is 18.6. The van der Waals surface area contributed by atoms with Crippen LogP contribution in [-0.4, -0.2) is 40.1 Å². The number of aromatic nitrogens is 3. The molecule has 3 aromatic rings. The highest BCUT2D eigenvalue weighted by molar-refractivity contribution is 7.20. The number of amides is 1. The topological polar surface area (TPSA) is 79.6 Å². The Labute approximate surface area is 167 Å². The zero-order chi connectivity index (χ0) is 19.3. The lowest BCUT2D eigenvalue weighted by molar-refractivity contribution is 0.0951. The molecule has 1 N–H and O–H groups in total. The highest BCUT2D eigenvalue weighted by Gasteiger charge is 2.19. The number of piperidine rings is 1. The van der Waals surface area contributed by atoms with Crippen molar-refractivity contribution in [1.29, 1.82) is 0 Å². The van der Waals surface area contributed by atoms with Gasteiger partial charge in [0.15, 0.2) is 0 Å². The van der Waals surface area contributed by atoms with Gasteiger partial charge in [0.05, 0.1) is 0 Å². The van der Waals surface area contributed by atoms with E-state index in [0.717, 1.165) is 43.9 Å². The first-order valence-electron chi connectivity index (χ1n) is 9.68. The SMILES string of the molecule is O=C(NCCCc1ccccc1)c1cnc2sc(N3CCCCC3)nn2c1=O. The van der Waals surface area contributed by atoms with Gasteiger partial charge in [-0.05, 0) is 37.7 Å². The molecule has 1 aliphatic heterocycles. The molecule has 1 saturated heterocycles. The van der Waals surface area contributed by atoms with Crippen LogP contribution < -0.4 is 15.8 Å². The van der Waals surface area contributed by atoms with Gasteiger partial charge in [-0.2, -0.15) is 4.52 Å². The number of anilines is 1. The van der Waals surface area contributed by atoms with Crippen molar-refractivity contribution in [1.82, 2.24) is 19.9 Å². The first-order valence-corrected chi connectivity index (χ1v) is 10.5. The second-order valence-corrected chi connectivity index (χ2v) is 7.88. The molecule has 0 bridgehead atoms. The van der Waals surface area contributed by atoms with Crippen molar-refractivity contribution < 1.29 is 4.79 Å². The summed E-state index contributed by atoms with van der Waals surface area (Å²) in [5.74, 6) is -0.396. The summed E-state index contributed by atoms with van der Waals surface area (Å²) in [6, 6.07) is 10.1. The molecule has 1 fully saturated rings. The summed E-state index contributed by atoms with van der Waals surface area (Å²) < 4.78 is 1.26. The summed E-state index contributed by atoms with van der Waals surface area (Å²) in [6.45, 7) is 2.40. The minimum Gasteiger partial charge on any atom is -0.352 e. The van der Waals surface area contributed by atoms with Crippen molar-refractivity contribution in [2.75, 3.05) is 24.5 Å². The molecule has 0 radical (unpaired) electrons. The van der Waals surface area contributed by atoms with Crippen LogP contribution in [0.5, 0.6) is 0 Å². The summed E-state index contributed by atoms with van der Waals surface area (Å²) >= 11 is 1.39. The van der Waals surface area contributed by atoms with Crippen LogP contribution in [0.4, 0.5) is 5.13 Å². The smallest absolute Gasteiger partial charge is 0.288 e. The Morgan fingerprint density at radius 3 is 2.71 bits per heavy atom. The molecule has 28 heavy (non-hydrogen) atoms. The van der Waals surface area contributed by atoms with Crippen LogP contribution >= 0.6 is 11.3 Å². The van der Waals surface area contributed by atoms with Crippen LogP contribution in [-0.2, 0) is 6.42 Å². The van der Waals surface area contributed by atoms with Crippen molar-refractivity contribution in [3.8, 4) is 0 Å². The third-order valence-corrected chi connectivity index (χ3v) is 5.90. The van der Waals surface area contributed by atoms with Gasteiger partial charge in [0.2, 0.25) is 10.1 Å². The van der Waals surface area contributed by atoms with Crippen LogP contribution in [0.1, 0.15) is 41.6 Å². The van der Waals surface area contributed by atoms with Gasteiger partial charge < -0.3 is 10.2 Å².